The van der Waals surface area contributed by atoms with E-state index in [4.69, 9.17) is 20.2 Å². The second kappa shape index (κ2) is 8.58. The van der Waals surface area contributed by atoms with Gasteiger partial charge in [0.2, 0.25) is 5.91 Å². The largest absolute Gasteiger partial charge is 0.382 e. The zero-order valence-corrected chi connectivity index (χ0v) is 13.3. The summed E-state index contributed by atoms with van der Waals surface area (Å²) < 4.78 is 32.1. The molecule has 1 amide bonds. The van der Waals surface area contributed by atoms with Crippen LogP contribution in [-0.2, 0) is 29.7 Å². The Hall–Kier alpha value is -0.670. The second-order valence-corrected chi connectivity index (χ2v) is 7.77. The molecule has 0 saturated heterocycles. The van der Waals surface area contributed by atoms with Crippen LogP contribution in [0.25, 0.3) is 0 Å². The zero-order chi connectivity index (χ0) is 15.0. The lowest BCUT2D eigenvalue weighted by molar-refractivity contribution is -0.126. The van der Waals surface area contributed by atoms with Crippen LogP contribution < -0.4 is 5.32 Å². The molecular weight excluding hydrogens is 326 g/mol. The summed E-state index contributed by atoms with van der Waals surface area (Å²) in [7, 11) is 3.11. The Bertz CT molecular complexity index is 529. The van der Waals surface area contributed by atoms with Gasteiger partial charge in [-0.05, 0) is 18.6 Å². The van der Waals surface area contributed by atoms with Gasteiger partial charge in [0.25, 0.3) is 9.05 Å². The molecule has 0 bridgehead atoms. The number of rotatable bonds is 9. The van der Waals surface area contributed by atoms with Crippen molar-refractivity contribution in [2.45, 2.75) is 10.6 Å². The first-order chi connectivity index (χ1) is 9.43. The summed E-state index contributed by atoms with van der Waals surface area (Å²) in [5.74, 6) is -0.220. The monoisotopic (exact) mass is 341 g/mol. The normalized spacial score (nSPS) is 11.5. The van der Waals surface area contributed by atoms with Crippen molar-refractivity contribution in [1.82, 2.24) is 5.32 Å². The summed E-state index contributed by atoms with van der Waals surface area (Å²) in [6.07, 6.45) is 0.543. The van der Waals surface area contributed by atoms with Crippen LogP contribution in [0, 0.1) is 0 Å². The third kappa shape index (κ3) is 6.67. The van der Waals surface area contributed by atoms with Crippen LogP contribution in [0.4, 0.5) is 0 Å². The van der Waals surface area contributed by atoms with Gasteiger partial charge < -0.3 is 14.8 Å². The van der Waals surface area contributed by atoms with Crippen molar-refractivity contribution < 1.29 is 22.7 Å². The lowest BCUT2D eigenvalue weighted by Crippen LogP contribution is -2.29. The van der Waals surface area contributed by atoms with Crippen molar-refractivity contribution >= 4 is 37.0 Å². The van der Waals surface area contributed by atoms with Gasteiger partial charge in [-0.2, -0.15) is 0 Å². The summed E-state index contributed by atoms with van der Waals surface area (Å²) in [5.41, 5.74) is 0. The first kappa shape index (κ1) is 17.4. The van der Waals surface area contributed by atoms with Gasteiger partial charge in [-0.3, -0.25) is 4.79 Å². The summed E-state index contributed by atoms with van der Waals surface area (Å²) in [6.45, 7) is 1.20. The van der Waals surface area contributed by atoms with Gasteiger partial charge in [0.1, 0.15) is 10.8 Å². The van der Waals surface area contributed by atoms with Gasteiger partial charge in [-0.25, -0.2) is 8.42 Å². The molecule has 114 valence electrons. The third-order valence-corrected chi connectivity index (χ3v) is 5.47. The summed E-state index contributed by atoms with van der Waals surface area (Å²) in [5, 5.41) is 2.68. The highest BCUT2D eigenvalue weighted by molar-refractivity contribution is 8.15. The second-order valence-electron chi connectivity index (χ2n) is 3.80. The molecule has 1 aromatic rings. The molecule has 0 radical (unpaired) electrons. The summed E-state index contributed by atoms with van der Waals surface area (Å²) >= 11 is 1.10. The van der Waals surface area contributed by atoms with E-state index in [1.807, 2.05) is 0 Å². The third-order valence-electron chi connectivity index (χ3n) is 2.24. The Morgan fingerprint density at radius 1 is 1.40 bits per heavy atom. The minimum atomic E-state index is -3.67. The molecule has 1 aromatic heterocycles. The van der Waals surface area contributed by atoms with Gasteiger partial charge >= 0.3 is 0 Å². The van der Waals surface area contributed by atoms with Crippen LogP contribution in [-0.4, -0.2) is 47.8 Å². The molecular formula is C11H16ClNO5S2. The smallest absolute Gasteiger partial charge is 0.270 e. The van der Waals surface area contributed by atoms with Crippen molar-refractivity contribution in [3.8, 4) is 0 Å². The number of nitrogens with one attached hydrogen (secondary N) is 1. The van der Waals surface area contributed by atoms with E-state index in [1.165, 1.54) is 6.07 Å². The molecule has 1 N–H and O–H groups in total. The first-order valence-corrected chi connectivity index (χ1v) is 8.93. The number of hydrogen-bond acceptors (Lipinski definition) is 6. The lowest BCUT2D eigenvalue weighted by Gasteiger charge is -2.05. The first-order valence-electron chi connectivity index (χ1n) is 5.80. The van der Waals surface area contributed by atoms with Crippen LogP contribution >= 0.6 is 22.0 Å². The highest BCUT2D eigenvalue weighted by Gasteiger charge is 2.13. The molecule has 20 heavy (non-hydrogen) atoms. The molecule has 0 aromatic carbocycles. The number of carbonyl (C=O) groups is 1. The van der Waals surface area contributed by atoms with Crippen molar-refractivity contribution in [2.75, 3.05) is 33.5 Å². The fraction of sp³-hybridized carbons (Fsp3) is 0.545. The van der Waals surface area contributed by atoms with Crippen LogP contribution in [0.2, 0.25) is 0 Å². The van der Waals surface area contributed by atoms with E-state index < -0.39 is 9.05 Å². The fourth-order valence-corrected chi connectivity index (χ4v) is 3.43. The lowest BCUT2D eigenvalue weighted by atomic mass is 10.3. The van der Waals surface area contributed by atoms with Crippen molar-refractivity contribution in [1.29, 1.82) is 0 Å². The average Bonchev–Trinajstić information content (AvgIpc) is 2.83. The molecule has 0 aliphatic rings. The predicted molar refractivity (Wildman–Crippen MR) is 76.8 cm³/mol. The molecule has 0 aliphatic carbocycles. The van der Waals surface area contributed by atoms with Crippen LogP contribution in [0.3, 0.4) is 0 Å². The van der Waals surface area contributed by atoms with Crippen molar-refractivity contribution in [3.63, 3.8) is 0 Å². The Morgan fingerprint density at radius 3 is 2.75 bits per heavy atom. The van der Waals surface area contributed by atoms with Crippen LogP contribution in [0.1, 0.15) is 4.88 Å². The molecule has 0 aliphatic heterocycles. The number of hydrogen-bond donors (Lipinski definition) is 1. The molecule has 0 saturated carbocycles. The van der Waals surface area contributed by atoms with Gasteiger partial charge in [0.15, 0.2) is 0 Å². The molecule has 1 rings (SSSR count). The van der Waals surface area contributed by atoms with Crippen LogP contribution in [0.5, 0.6) is 0 Å². The maximum Gasteiger partial charge on any atom is 0.270 e. The quantitative estimate of drug-likeness (QED) is 0.535. The number of ether oxygens (including phenoxy) is 2. The highest BCUT2D eigenvalue weighted by Crippen LogP contribution is 2.24. The van der Waals surface area contributed by atoms with Gasteiger partial charge in [0.05, 0.1) is 13.2 Å². The van der Waals surface area contributed by atoms with Gasteiger partial charge in [0, 0.05) is 29.2 Å². The molecule has 0 spiro atoms. The minimum Gasteiger partial charge on any atom is -0.382 e. The minimum absolute atomic E-state index is 0.0187. The van der Waals surface area contributed by atoms with E-state index in [-0.39, 0.29) is 16.7 Å². The number of methoxy groups -OCH3 is 1. The molecule has 1 heterocycles. The number of carbonyl (C=O) groups excluding carboxylic acids is 1. The Kier molecular flexibility index (Phi) is 7.46. The SMILES string of the molecule is COCCOCC(=O)NCCc1ccc(S(=O)(=O)Cl)s1. The van der Waals surface area contributed by atoms with E-state index in [0.717, 1.165) is 16.2 Å². The maximum atomic E-state index is 11.4. The number of thiophene rings is 1. The highest BCUT2D eigenvalue weighted by atomic mass is 35.7. The van der Waals surface area contributed by atoms with E-state index in [1.54, 1.807) is 13.2 Å². The van der Waals surface area contributed by atoms with E-state index in [9.17, 15) is 13.2 Å². The molecule has 6 nitrogen and oxygen atoms in total. The van der Waals surface area contributed by atoms with Gasteiger partial charge in [-0.1, -0.05) is 0 Å². The predicted octanol–water partition coefficient (Wildman–Crippen LogP) is 0.997. The van der Waals surface area contributed by atoms with E-state index >= 15 is 0 Å². The fourth-order valence-electron chi connectivity index (χ4n) is 1.31. The molecule has 9 heteroatoms. The standard InChI is InChI=1S/C11H16ClNO5S2/c1-17-6-7-18-8-10(14)13-5-4-9-2-3-11(19-9)20(12,15)16/h2-3H,4-8H2,1H3,(H,13,14). The Morgan fingerprint density at radius 2 is 2.15 bits per heavy atom. The molecule has 0 fully saturated rings. The van der Waals surface area contributed by atoms with Crippen molar-refractivity contribution in [2.24, 2.45) is 0 Å². The Labute approximate surface area is 126 Å². The molecule has 0 atom stereocenters. The van der Waals surface area contributed by atoms with Gasteiger partial charge in [-0.15, -0.1) is 11.3 Å². The number of amides is 1. The maximum absolute atomic E-state index is 11.4. The molecule has 0 unspecified atom stereocenters. The Balaban J connectivity index is 2.24. The zero-order valence-electron chi connectivity index (χ0n) is 10.9. The van der Waals surface area contributed by atoms with Crippen LogP contribution in [0.15, 0.2) is 16.3 Å². The summed E-state index contributed by atoms with van der Waals surface area (Å²) in [4.78, 5) is 12.2. The van der Waals surface area contributed by atoms with E-state index in [2.05, 4.69) is 5.32 Å². The summed E-state index contributed by atoms with van der Waals surface area (Å²) in [6, 6.07) is 3.14. The van der Waals surface area contributed by atoms with E-state index in [0.29, 0.717) is 26.2 Å². The number of halogens is 1. The van der Waals surface area contributed by atoms with Crippen molar-refractivity contribution in [3.05, 3.63) is 17.0 Å². The average molecular weight is 342 g/mol. The topological polar surface area (TPSA) is 81.7 Å².